The molecule has 0 aromatic heterocycles. The van der Waals surface area contributed by atoms with Crippen molar-refractivity contribution in [2.75, 3.05) is 26.4 Å². The number of allylic oxidation sites excluding steroid dienone is 17. The second kappa shape index (κ2) is 45.7. The summed E-state index contributed by atoms with van der Waals surface area (Å²) in [5.74, 6) is -0.349. The lowest BCUT2D eigenvalue weighted by Crippen LogP contribution is -2.66. The average molecular weight is 1180 g/mol. The van der Waals surface area contributed by atoms with Gasteiger partial charge in [0.15, 0.2) is 18.9 Å². The Morgan fingerprint density at radius 2 is 0.843 bits per heavy atom. The minimum absolute atomic E-state index is 0.148. The summed E-state index contributed by atoms with van der Waals surface area (Å²) in [6, 6.07) is -1.03. The molecule has 474 valence electrons. The van der Waals surface area contributed by atoms with Crippen LogP contribution in [-0.2, 0) is 33.2 Å². The van der Waals surface area contributed by atoms with E-state index in [0.29, 0.717) is 19.3 Å². The number of hydrogen-bond donors (Lipinski definition) is 12. The van der Waals surface area contributed by atoms with E-state index in [2.05, 4.69) is 104 Å². The third-order valence-electron chi connectivity index (χ3n) is 14.6. The molecular weight excluding hydrogens is 1070 g/mol. The van der Waals surface area contributed by atoms with E-state index < -0.39 is 131 Å². The van der Waals surface area contributed by atoms with Crippen LogP contribution in [0, 0.1) is 0 Å². The Morgan fingerprint density at radius 3 is 1.35 bits per heavy atom. The van der Waals surface area contributed by atoms with Crippen molar-refractivity contribution in [3.63, 3.8) is 0 Å². The third-order valence-corrected chi connectivity index (χ3v) is 14.6. The van der Waals surface area contributed by atoms with E-state index in [0.717, 1.165) is 64.2 Å². The molecule has 3 aliphatic heterocycles. The first-order valence-corrected chi connectivity index (χ1v) is 30.6. The highest BCUT2D eigenvalue weighted by molar-refractivity contribution is 5.76. The van der Waals surface area contributed by atoms with E-state index in [1.54, 1.807) is 6.08 Å². The molecule has 83 heavy (non-hydrogen) atoms. The number of aliphatic hydroxyl groups is 11. The van der Waals surface area contributed by atoms with Gasteiger partial charge in [0.25, 0.3) is 0 Å². The van der Waals surface area contributed by atoms with Gasteiger partial charge in [0.2, 0.25) is 5.91 Å². The number of amides is 1. The minimum Gasteiger partial charge on any atom is -0.394 e. The van der Waals surface area contributed by atoms with Crippen LogP contribution in [0.3, 0.4) is 0 Å². The quantitative estimate of drug-likeness (QED) is 0.0249. The number of rotatable bonds is 43. The molecular formula is C64H105NO18. The van der Waals surface area contributed by atoms with Crippen LogP contribution >= 0.6 is 0 Å². The number of carbonyl (C=O) groups is 1. The van der Waals surface area contributed by atoms with Gasteiger partial charge >= 0.3 is 0 Å². The SMILES string of the molecule is CC/C=C\C/C=C\C/C=C\C/C=C\C/C=C\C/C=C\C/C=C\CCCC(=O)NC(COC1OC(CO)C(OC2OC(CO)C(OC3OC(CO)C(O)C(O)C3O)C(O)C2O)C(O)C1O)C(O)/C=C/CC/C=C/CCCCCCCCCCC. The topological polar surface area (TPSA) is 307 Å². The Hall–Kier alpha value is -3.55. The predicted octanol–water partition coefficient (Wildman–Crippen LogP) is 5.92. The van der Waals surface area contributed by atoms with Gasteiger partial charge in [0.05, 0.1) is 38.6 Å². The van der Waals surface area contributed by atoms with Crippen molar-refractivity contribution in [2.24, 2.45) is 0 Å². The van der Waals surface area contributed by atoms with E-state index in [1.165, 1.54) is 51.4 Å². The van der Waals surface area contributed by atoms with Gasteiger partial charge in [-0.25, -0.2) is 0 Å². The smallest absolute Gasteiger partial charge is 0.220 e. The van der Waals surface area contributed by atoms with Gasteiger partial charge in [-0.2, -0.15) is 0 Å². The van der Waals surface area contributed by atoms with Crippen LogP contribution in [0.1, 0.15) is 155 Å². The van der Waals surface area contributed by atoms with Gasteiger partial charge in [0, 0.05) is 6.42 Å². The van der Waals surface area contributed by atoms with Crippen molar-refractivity contribution in [3.8, 4) is 0 Å². The molecule has 12 N–H and O–H groups in total. The van der Waals surface area contributed by atoms with Crippen molar-refractivity contribution >= 4 is 5.91 Å². The fraction of sp³-hybridized carbons (Fsp3) is 0.703. The Bertz CT molecular complexity index is 1930. The van der Waals surface area contributed by atoms with Gasteiger partial charge in [0.1, 0.15) is 73.2 Å². The van der Waals surface area contributed by atoms with Crippen LogP contribution in [0.5, 0.6) is 0 Å². The number of unbranched alkanes of at least 4 members (excludes halogenated alkanes) is 11. The summed E-state index contributed by atoms with van der Waals surface area (Å²) in [5, 5.41) is 120. The number of ether oxygens (including phenoxy) is 6. The Kier molecular flexibility index (Phi) is 40.6. The molecule has 0 spiro atoms. The molecule has 0 aromatic carbocycles. The van der Waals surface area contributed by atoms with Gasteiger partial charge in [-0.1, -0.05) is 175 Å². The minimum atomic E-state index is -1.99. The molecule has 3 fully saturated rings. The van der Waals surface area contributed by atoms with Crippen LogP contribution in [0.25, 0.3) is 0 Å². The standard InChI is InChI=1S/C64H105NO18/c1-3-5-7-9-11-13-15-17-19-20-21-22-23-24-25-26-28-30-32-34-36-38-40-42-52(70)65-47(48(69)41-39-37-35-33-31-29-27-18-16-14-12-10-8-6-4-2)46-78-62-58(76)55(73)60(50(44-67)80-62)83-64-59(77)56(74)61(51(45-68)81-64)82-63-57(75)54(72)53(71)49(43-66)79-63/h5,7,11,13,17,19,21-22,24-25,28,30-31,33-34,36,39,41,47-51,53-64,66-69,71-77H,3-4,6,8-10,12,14-16,18,20,23,26-27,29,32,35,37-38,40,42-46H2,1-2H3,(H,65,70)/b7-5-,13-11-,19-17-,22-21-,25-24-,30-28-,33-31+,36-34-,41-39+. The molecule has 0 aromatic rings. The zero-order chi connectivity index (χ0) is 60.5. The normalized spacial score (nSPS) is 30.2. The van der Waals surface area contributed by atoms with Crippen molar-refractivity contribution in [2.45, 2.75) is 259 Å². The van der Waals surface area contributed by atoms with E-state index in [1.807, 2.05) is 18.2 Å². The van der Waals surface area contributed by atoms with Gasteiger partial charge < -0.3 is 89.9 Å². The number of carbonyl (C=O) groups excluding carboxylic acids is 1. The summed E-state index contributed by atoms with van der Waals surface area (Å²) in [7, 11) is 0. The fourth-order valence-corrected chi connectivity index (χ4v) is 9.55. The average Bonchev–Trinajstić information content (AvgIpc) is 3.18. The van der Waals surface area contributed by atoms with Gasteiger partial charge in [-0.3, -0.25) is 4.79 Å². The highest BCUT2D eigenvalue weighted by Crippen LogP contribution is 2.33. The molecule has 3 aliphatic rings. The maximum atomic E-state index is 13.3. The molecule has 19 heteroatoms. The van der Waals surface area contributed by atoms with Gasteiger partial charge in [-0.05, 0) is 83.5 Å². The number of aliphatic hydroxyl groups excluding tert-OH is 11. The predicted molar refractivity (Wildman–Crippen MR) is 318 cm³/mol. The molecule has 0 saturated carbocycles. The Morgan fingerprint density at radius 1 is 0.446 bits per heavy atom. The lowest BCUT2D eigenvalue weighted by molar-refractivity contribution is -0.379. The zero-order valence-corrected chi connectivity index (χ0v) is 49.4. The van der Waals surface area contributed by atoms with Crippen LogP contribution in [0.15, 0.2) is 109 Å². The van der Waals surface area contributed by atoms with Crippen molar-refractivity contribution in [1.82, 2.24) is 5.32 Å². The van der Waals surface area contributed by atoms with Crippen LogP contribution in [0.2, 0.25) is 0 Å². The molecule has 0 bridgehead atoms. The molecule has 17 unspecified atom stereocenters. The van der Waals surface area contributed by atoms with Crippen molar-refractivity contribution < 1.29 is 89.4 Å². The highest BCUT2D eigenvalue weighted by Gasteiger charge is 2.53. The van der Waals surface area contributed by atoms with Crippen LogP contribution < -0.4 is 5.32 Å². The lowest BCUT2D eigenvalue weighted by Gasteiger charge is -2.48. The fourth-order valence-electron chi connectivity index (χ4n) is 9.55. The summed E-state index contributed by atoms with van der Waals surface area (Å²) >= 11 is 0. The summed E-state index contributed by atoms with van der Waals surface area (Å²) in [6.07, 6.45) is 32.2. The van der Waals surface area contributed by atoms with Crippen molar-refractivity contribution in [3.05, 3.63) is 109 Å². The van der Waals surface area contributed by atoms with E-state index in [4.69, 9.17) is 28.4 Å². The maximum absolute atomic E-state index is 13.3. The monoisotopic (exact) mass is 1180 g/mol. The van der Waals surface area contributed by atoms with Gasteiger partial charge in [-0.15, -0.1) is 0 Å². The zero-order valence-electron chi connectivity index (χ0n) is 49.4. The van der Waals surface area contributed by atoms with Crippen LogP contribution in [0.4, 0.5) is 0 Å². The molecule has 0 radical (unpaired) electrons. The Labute approximate surface area is 494 Å². The molecule has 19 nitrogen and oxygen atoms in total. The summed E-state index contributed by atoms with van der Waals surface area (Å²) in [4.78, 5) is 13.3. The number of hydrogen-bond acceptors (Lipinski definition) is 18. The highest BCUT2D eigenvalue weighted by atomic mass is 16.8. The lowest BCUT2D eigenvalue weighted by atomic mass is 9.96. The molecule has 17 atom stereocenters. The molecule has 1 amide bonds. The van der Waals surface area contributed by atoms with E-state index in [9.17, 15) is 61.0 Å². The van der Waals surface area contributed by atoms with E-state index >= 15 is 0 Å². The third kappa shape index (κ3) is 29.1. The number of nitrogens with one attached hydrogen (secondary N) is 1. The summed E-state index contributed by atoms with van der Waals surface area (Å²) < 4.78 is 34.2. The first-order chi connectivity index (χ1) is 40.3. The second-order valence-electron chi connectivity index (χ2n) is 21.4. The molecule has 0 aliphatic carbocycles. The van der Waals surface area contributed by atoms with Crippen molar-refractivity contribution in [1.29, 1.82) is 0 Å². The summed E-state index contributed by atoms with van der Waals surface area (Å²) in [6.45, 7) is 1.51. The largest absolute Gasteiger partial charge is 0.394 e. The Balaban J connectivity index is 1.52. The molecule has 3 rings (SSSR count). The molecule has 3 heterocycles. The van der Waals surface area contributed by atoms with Crippen LogP contribution in [-0.4, -0.2) is 193 Å². The first-order valence-electron chi connectivity index (χ1n) is 30.6. The molecule has 3 saturated heterocycles. The first kappa shape index (κ1) is 73.7. The summed E-state index contributed by atoms with van der Waals surface area (Å²) in [5.41, 5.74) is 0. The second-order valence-corrected chi connectivity index (χ2v) is 21.4. The van der Waals surface area contributed by atoms with E-state index in [-0.39, 0.29) is 12.3 Å². The maximum Gasteiger partial charge on any atom is 0.220 e.